The Kier molecular flexibility index (Phi) is 7.08. The number of hydrogen-bond donors (Lipinski definition) is 1. The molecule has 34 heavy (non-hydrogen) atoms. The van der Waals surface area contributed by atoms with E-state index in [1.54, 1.807) is 6.26 Å². The van der Waals surface area contributed by atoms with Gasteiger partial charge in [-0.15, -0.1) is 21.5 Å². The van der Waals surface area contributed by atoms with Gasteiger partial charge in [0, 0.05) is 24.2 Å². The molecular formula is C24H26N6O2S2. The number of amides is 1. The van der Waals surface area contributed by atoms with Gasteiger partial charge in [-0.1, -0.05) is 29.5 Å². The van der Waals surface area contributed by atoms with Crippen molar-refractivity contribution in [1.29, 1.82) is 0 Å². The fraction of sp³-hybridized carbons (Fsp3) is 0.333. The molecule has 4 aromatic rings. The Morgan fingerprint density at radius 3 is 2.76 bits per heavy atom. The molecule has 1 fully saturated rings. The number of nitrogens with one attached hydrogen (secondary N) is 1. The second-order valence-electron chi connectivity index (χ2n) is 8.17. The average molecular weight is 495 g/mol. The Morgan fingerprint density at radius 1 is 1.18 bits per heavy atom. The van der Waals surface area contributed by atoms with Gasteiger partial charge in [0.05, 0.1) is 12.0 Å². The zero-order valence-electron chi connectivity index (χ0n) is 18.9. The quantitative estimate of drug-likeness (QED) is 0.345. The van der Waals surface area contributed by atoms with Crippen molar-refractivity contribution >= 4 is 29.0 Å². The first-order valence-corrected chi connectivity index (χ1v) is 13.2. The van der Waals surface area contributed by atoms with Crippen LogP contribution in [0.5, 0.6) is 0 Å². The Morgan fingerprint density at radius 2 is 2.00 bits per heavy atom. The van der Waals surface area contributed by atoms with E-state index in [4.69, 9.17) is 4.42 Å². The molecule has 0 unspecified atom stereocenters. The Balaban J connectivity index is 1.26. The van der Waals surface area contributed by atoms with Gasteiger partial charge in [0.15, 0.2) is 10.9 Å². The zero-order valence-corrected chi connectivity index (χ0v) is 20.6. The molecule has 0 radical (unpaired) electrons. The summed E-state index contributed by atoms with van der Waals surface area (Å²) in [5, 5.41) is 15.2. The van der Waals surface area contributed by atoms with E-state index in [1.807, 2.05) is 34.2 Å². The highest BCUT2D eigenvalue weighted by atomic mass is 32.2. The van der Waals surface area contributed by atoms with Crippen molar-refractivity contribution in [2.75, 3.05) is 26.2 Å². The lowest BCUT2D eigenvalue weighted by Crippen LogP contribution is -2.33. The smallest absolute Gasteiger partial charge is 0.270 e. The molecule has 5 rings (SSSR count). The maximum Gasteiger partial charge on any atom is 0.270 e. The second-order valence-corrected chi connectivity index (χ2v) is 10.1. The highest BCUT2D eigenvalue weighted by molar-refractivity contribution is 7.98. The van der Waals surface area contributed by atoms with E-state index in [2.05, 4.69) is 44.5 Å². The van der Waals surface area contributed by atoms with Crippen LogP contribution < -0.4 is 5.32 Å². The summed E-state index contributed by atoms with van der Waals surface area (Å²) in [6.45, 7) is 5.86. The fourth-order valence-electron chi connectivity index (χ4n) is 3.89. The molecule has 0 atom stereocenters. The van der Waals surface area contributed by atoms with E-state index < -0.39 is 0 Å². The zero-order chi connectivity index (χ0) is 23.3. The Labute approximate surface area is 206 Å². The van der Waals surface area contributed by atoms with Crippen molar-refractivity contribution in [2.45, 2.75) is 30.7 Å². The molecule has 0 spiro atoms. The molecule has 1 amide bonds. The summed E-state index contributed by atoms with van der Waals surface area (Å²) in [4.78, 5) is 19.4. The van der Waals surface area contributed by atoms with Crippen LogP contribution in [-0.4, -0.2) is 56.7 Å². The SMILES string of the molecule is Cc1ccc(-n2c(SCc3nc(C(=O)NCCN4CCCC4)cs3)nnc2-c2ccco2)cc1. The highest BCUT2D eigenvalue weighted by Gasteiger charge is 2.19. The predicted octanol–water partition coefficient (Wildman–Crippen LogP) is 4.41. The minimum absolute atomic E-state index is 0.116. The molecule has 1 saturated heterocycles. The molecule has 10 heteroatoms. The van der Waals surface area contributed by atoms with Crippen LogP contribution >= 0.6 is 23.1 Å². The molecule has 3 aromatic heterocycles. The van der Waals surface area contributed by atoms with E-state index in [1.165, 1.54) is 41.5 Å². The van der Waals surface area contributed by atoms with Crippen molar-refractivity contribution in [2.24, 2.45) is 0 Å². The monoisotopic (exact) mass is 494 g/mol. The van der Waals surface area contributed by atoms with E-state index in [-0.39, 0.29) is 5.91 Å². The number of thiazole rings is 1. The van der Waals surface area contributed by atoms with Gasteiger partial charge in [0.1, 0.15) is 10.7 Å². The van der Waals surface area contributed by atoms with Gasteiger partial charge < -0.3 is 14.6 Å². The van der Waals surface area contributed by atoms with Gasteiger partial charge >= 0.3 is 0 Å². The summed E-state index contributed by atoms with van der Waals surface area (Å²) in [6.07, 6.45) is 4.13. The van der Waals surface area contributed by atoms with Crippen LogP contribution in [0.4, 0.5) is 0 Å². The normalized spacial score (nSPS) is 14.0. The third-order valence-corrected chi connectivity index (χ3v) is 7.66. The van der Waals surface area contributed by atoms with Crippen LogP contribution in [0.3, 0.4) is 0 Å². The summed E-state index contributed by atoms with van der Waals surface area (Å²) in [6, 6.07) is 11.9. The Hall–Kier alpha value is -2.95. The van der Waals surface area contributed by atoms with E-state index >= 15 is 0 Å². The van der Waals surface area contributed by atoms with Gasteiger partial charge in [-0.2, -0.15) is 0 Å². The molecule has 0 aliphatic carbocycles. The van der Waals surface area contributed by atoms with Gasteiger partial charge in [0.2, 0.25) is 5.82 Å². The summed E-state index contributed by atoms with van der Waals surface area (Å²) in [5.41, 5.74) is 2.61. The average Bonchev–Trinajstić information content (AvgIpc) is 3.65. The topological polar surface area (TPSA) is 89.1 Å². The third kappa shape index (κ3) is 5.24. The first-order valence-electron chi connectivity index (χ1n) is 11.3. The first kappa shape index (κ1) is 22.8. The number of aromatic nitrogens is 4. The minimum Gasteiger partial charge on any atom is -0.461 e. The molecule has 0 saturated carbocycles. The third-order valence-electron chi connectivity index (χ3n) is 5.69. The maximum absolute atomic E-state index is 12.5. The van der Waals surface area contributed by atoms with Gasteiger partial charge in [-0.25, -0.2) is 4.98 Å². The van der Waals surface area contributed by atoms with Crippen molar-refractivity contribution in [3.8, 4) is 17.3 Å². The predicted molar refractivity (Wildman–Crippen MR) is 133 cm³/mol. The van der Waals surface area contributed by atoms with Gasteiger partial charge in [-0.3, -0.25) is 9.36 Å². The molecule has 0 bridgehead atoms. The molecule has 1 N–H and O–H groups in total. The van der Waals surface area contributed by atoms with Crippen LogP contribution in [-0.2, 0) is 5.75 Å². The Bertz CT molecular complexity index is 1230. The lowest BCUT2D eigenvalue weighted by Gasteiger charge is -2.14. The van der Waals surface area contributed by atoms with Crippen molar-refractivity contribution in [3.63, 3.8) is 0 Å². The van der Waals surface area contributed by atoms with Crippen molar-refractivity contribution in [3.05, 3.63) is 64.3 Å². The second kappa shape index (κ2) is 10.5. The number of likely N-dealkylation sites (tertiary alicyclic amines) is 1. The molecule has 1 aromatic carbocycles. The fourth-order valence-corrected chi connectivity index (χ4v) is 5.63. The highest BCUT2D eigenvalue weighted by Crippen LogP contribution is 2.30. The van der Waals surface area contributed by atoms with Crippen LogP contribution in [0.15, 0.2) is 57.6 Å². The lowest BCUT2D eigenvalue weighted by atomic mass is 10.2. The molecule has 176 valence electrons. The number of carbonyl (C=O) groups excluding carboxylic acids is 1. The van der Waals surface area contributed by atoms with Crippen LogP contribution in [0, 0.1) is 6.92 Å². The number of thioether (sulfide) groups is 1. The number of rotatable bonds is 9. The largest absolute Gasteiger partial charge is 0.461 e. The van der Waals surface area contributed by atoms with Crippen LogP contribution in [0.25, 0.3) is 17.3 Å². The molecule has 4 heterocycles. The number of furan rings is 1. The summed E-state index contributed by atoms with van der Waals surface area (Å²) in [7, 11) is 0. The molecule has 8 nitrogen and oxygen atoms in total. The van der Waals surface area contributed by atoms with Crippen LogP contribution in [0.1, 0.15) is 33.9 Å². The minimum atomic E-state index is -0.116. The molecule has 1 aliphatic heterocycles. The lowest BCUT2D eigenvalue weighted by molar-refractivity contribution is 0.0945. The summed E-state index contributed by atoms with van der Waals surface area (Å²) >= 11 is 3.02. The van der Waals surface area contributed by atoms with Gasteiger partial charge in [-0.05, 0) is 57.1 Å². The molecular weight excluding hydrogens is 468 g/mol. The summed E-state index contributed by atoms with van der Waals surface area (Å²) in [5.74, 6) is 1.78. The first-order chi connectivity index (χ1) is 16.7. The van der Waals surface area contributed by atoms with E-state index in [0.29, 0.717) is 29.6 Å². The van der Waals surface area contributed by atoms with Gasteiger partial charge in [0.25, 0.3) is 5.91 Å². The van der Waals surface area contributed by atoms with Crippen molar-refractivity contribution < 1.29 is 9.21 Å². The van der Waals surface area contributed by atoms with Crippen LogP contribution in [0.2, 0.25) is 0 Å². The number of aryl methyl sites for hydroxylation is 1. The van der Waals surface area contributed by atoms with E-state index in [9.17, 15) is 4.79 Å². The number of benzene rings is 1. The maximum atomic E-state index is 12.5. The number of nitrogens with zero attached hydrogens (tertiary/aromatic N) is 5. The van der Waals surface area contributed by atoms with E-state index in [0.717, 1.165) is 35.5 Å². The number of hydrogen-bond acceptors (Lipinski definition) is 8. The molecule has 1 aliphatic rings. The summed E-state index contributed by atoms with van der Waals surface area (Å²) < 4.78 is 7.57. The van der Waals surface area contributed by atoms with Crippen molar-refractivity contribution in [1.82, 2.24) is 30.0 Å². The standard InChI is InChI=1S/C24H26N6O2S2/c1-17-6-8-18(9-7-17)30-22(20-5-4-14-32-20)27-28-24(30)34-16-21-26-19(15-33-21)23(31)25-10-13-29-11-2-3-12-29/h4-9,14-15H,2-3,10-13,16H2,1H3,(H,25,31). The number of carbonyl (C=O) groups is 1.